The van der Waals surface area contributed by atoms with Crippen LogP contribution in [0.5, 0.6) is 0 Å². The van der Waals surface area contributed by atoms with Crippen LogP contribution >= 0.6 is 0 Å². The molecule has 1 heterocycles. The molecule has 5 nitrogen and oxygen atoms in total. The van der Waals surface area contributed by atoms with Gasteiger partial charge in [-0.05, 0) is 24.3 Å². The number of nitrogens with zero attached hydrogens (tertiary/aromatic N) is 2. The van der Waals surface area contributed by atoms with E-state index in [0.29, 0.717) is 5.69 Å². The van der Waals surface area contributed by atoms with Gasteiger partial charge in [0.2, 0.25) is 0 Å². The molecule has 16 heavy (non-hydrogen) atoms. The average Bonchev–Trinajstić information content (AvgIpc) is 2.64. The number of hydrogen-bond acceptors (Lipinski definition) is 3. The molecule has 0 radical (unpaired) electrons. The molecule has 1 aromatic carbocycles. The maximum Gasteiger partial charge on any atom is 0.269 e. The predicted molar refractivity (Wildman–Crippen MR) is 56.5 cm³/mol. The quantitative estimate of drug-likeness (QED) is 0.730. The zero-order valence-electron chi connectivity index (χ0n) is 8.22. The van der Waals surface area contributed by atoms with Gasteiger partial charge in [0.15, 0.2) is 0 Å². The Hall–Kier alpha value is -2.37. The highest BCUT2D eigenvalue weighted by atomic mass is 19.1. The van der Waals surface area contributed by atoms with Gasteiger partial charge in [0.05, 0.1) is 5.69 Å². The molecule has 82 valence electrons. The number of rotatable bonds is 2. The molecule has 0 aliphatic rings. The van der Waals surface area contributed by atoms with Crippen LogP contribution in [0.3, 0.4) is 0 Å². The van der Waals surface area contributed by atoms with Crippen molar-refractivity contribution in [2.75, 3.05) is 5.73 Å². The second kappa shape index (κ2) is 3.65. The maximum atomic E-state index is 13.1. The summed E-state index contributed by atoms with van der Waals surface area (Å²) < 4.78 is 14.4. The van der Waals surface area contributed by atoms with E-state index in [4.69, 9.17) is 11.5 Å². The topological polar surface area (TPSA) is 86.9 Å². The van der Waals surface area contributed by atoms with Gasteiger partial charge < -0.3 is 11.5 Å². The second-order valence-electron chi connectivity index (χ2n) is 3.25. The summed E-state index contributed by atoms with van der Waals surface area (Å²) in [6.07, 6.45) is 1.51. The molecule has 0 unspecified atom stereocenters. The lowest BCUT2D eigenvalue weighted by Crippen LogP contribution is -2.12. The van der Waals surface area contributed by atoms with Crippen molar-refractivity contribution in [2.24, 2.45) is 5.73 Å². The Morgan fingerprint density at radius 1 is 1.38 bits per heavy atom. The first-order valence-corrected chi connectivity index (χ1v) is 4.48. The van der Waals surface area contributed by atoms with Crippen molar-refractivity contribution in [3.8, 4) is 5.69 Å². The molecule has 0 fully saturated rings. The van der Waals surface area contributed by atoms with Crippen LogP contribution in [0.1, 0.15) is 10.5 Å². The van der Waals surface area contributed by atoms with Gasteiger partial charge in [-0.2, -0.15) is 5.10 Å². The monoisotopic (exact) mass is 220 g/mol. The Balaban J connectivity index is 2.46. The smallest absolute Gasteiger partial charge is 0.269 e. The summed E-state index contributed by atoms with van der Waals surface area (Å²) in [7, 11) is 0. The van der Waals surface area contributed by atoms with Crippen molar-refractivity contribution >= 4 is 11.6 Å². The number of nitrogens with two attached hydrogens (primary N) is 2. The fourth-order valence-electron chi connectivity index (χ4n) is 1.33. The molecule has 0 spiro atoms. The second-order valence-corrected chi connectivity index (χ2v) is 3.25. The first-order valence-electron chi connectivity index (χ1n) is 4.48. The molecule has 0 aliphatic heterocycles. The highest BCUT2D eigenvalue weighted by molar-refractivity contribution is 5.90. The fourth-order valence-corrected chi connectivity index (χ4v) is 1.33. The zero-order chi connectivity index (χ0) is 11.7. The average molecular weight is 220 g/mol. The van der Waals surface area contributed by atoms with Crippen molar-refractivity contribution < 1.29 is 9.18 Å². The van der Waals surface area contributed by atoms with Crippen molar-refractivity contribution in [1.29, 1.82) is 0 Å². The van der Waals surface area contributed by atoms with E-state index in [-0.39, 0.29) is 11.4 Å². The molecule has 0 bridgehead atoms. The Morgan fingerprint density at radius 3 is 2.69 bits per heavy atom. The molecule has 0 aliphatic carbocycles. The minimum absolute atomic E-state index is 0.114. The minimum Gasteiger partial charge on any atom is -0.399 e. The van der Waals surface area contributed by atoms with Gasteiger partial charge >= 0.3 is 0 Å². The number of carbonyl (C=O) groups excluding carboxylic acids is 1. The van der Waals surface area contributed by atoms with Crippen molar-refractivity contribution in [1.82, 2.24) is 9.78 Å². The van der Waals surface area contributed by atoms with E-state index < -0.39 is 11.7 Å². The third-order valence-corrected chi connectivity index (χ3v) is 2.01. The van der Waals surface area contributed by atoms with Gasteiger partial charge in [-0.3, -0.25) is 4.79 Å². The Labute approximate surface area is 90.5 Å². The first-order chi connectivity index (χ1) is 7.56. The van der Waals surface area contributed by atoms with E-state index >= 15 is 0 Å². The molecular formula is C10H9FN4O. The van der Waals surface area contributed by atoms with E-state index in [2.05, 4.69) is 5.10 Å². The summed E-state index contributed by atoms with van der Waals surface area (Å²) in [6.45, 7) is 0. The number of primary amides is 1. The van der Waals surface area contributed by atoms with Gasteiger partial charge in [0.25, 0.3) is 5.91 Å². The van der Waals surface area contributed by atoms with Crippen LogP contribution < -0.4 is 11.5 Å². The summed E-state index contributed by atoms with van der Waals surface area (Å²) in [4.78, 5) is 10.8. The standard InChI is InChI=1S/C10H9FN4O/c11-6-3-7(12)5-8(4-6)15-2-1-9(14-15)10(13)16/h1-5H,12H2,(H2,13,16). The highest BCUT2D eigenvalue weighted by Gasteiger charge is 2.07. The number of nitrogen functional groups attached to an aromatic ring is 1. The van der Waals surface area contributed by atoms with E-state index in [9.17, 15) is 9.18 Å². The van der Waals surface area contributed by atoms with E-state index in [1.54, 1.807) is 6.07 Å². The predicted octanol–water partition coefficient (Wildman–Crippen LogP) is 0.692. The normalized spacial score (nSPS) is 10.3. The Kier molecular flexibility index (Phi) is 2.32. The SMILES string of the molecule is NC(=O)c1ccn(-c2cc(N)cc(F)c2)n1. The highest BCUT2D eigenvalue weighted by Crippen LogP contribution is 2.14. The van der Waals surface area contributed by atoms with Crippen LogP contribution in [0.4, 0.5) is 10.1 Å². The summed E-state index contributed by atoms with van der Waals surface area (Å²) in [6, 6.07) is 5.44. The Bertz CT molecular complexity index is 529. The molecule has 0 saturated heterocycles. The lowest BCUT2D eigenvalue weighted by Gasteiger charge is -2.02. The van der Waals surface area contributed by atoms with Gasteiger partial charge in [-0.1, -0.05) is 0 Å². The molecule has 4 N–H and O–H groups in total. The molecule has 2 rings (SSSR count). The van der Waals surface area contributed by atoms with Gasteiger partial charge in [-0.15, -0.1) is 0 Å². The number of aromatic nitrogens is 2. The molecule has 0 atom stereocenters. The molecule has 1 aromatic heterocycles. The zero-order valence-corrected chi connectivity index (χ0v) is 8.22. The lowest BCUT2D eigenvalue weighted by molar-refractivity contribution is 0.0995. The van der Waals surface area contributed by atoms with Crippen molar-refractivity contribution in [2.45, 2.75) is 0 Å². The van der Waals surface area contributed by atoms with Crippen molar-refractivity contribution in [3.63, 3.8) is 0 Å². The molecule has 1 amide bonds. The van der Waals surface area contributed by atoms with Crippen LogP contribution in [0.2, 0.25) is 0 Å². The number of halogens is 1. The summed E-state index contributed by atoms with van der Waals surface area (Å²) in [5.41, 5.74) is 11.4. The summed E-state index contributed by atoms with van der Waals surface area (Å²) in [5, 5.41) is 3.88. The summed E-state index contributed by atoms with van der Waals surface area (Å²) in [5.74, 6) is -1.10. The molecule has 2 aromatic rings. The molecular weight excluding hydrogens is 211 g/mol. The Morgan fingerprint density at radius 2 is 2.12 bits per heavy atom. The maximum absolute atomic E-state index is 13.1. The van der Waals surface area contributed by atoms with Gasteiger partial charge in [0, 0.05) is 11.9 Å². The van der Waals surface area contributed by atoms with Crippen LogP contribution in [-0.4, -0.2) is 15.7 Å². The minimum atomic E-state index is -0.636. The van der Waals surface area contributed by atoms with Gasteiger partial charge in [0.1, 0.15) is 11.5 Å². The number of anilines is 1. The molecule has 0 saturated carbocycles. The fraction of sp³-hybridized carbons (Fsp3) is 0. The van der Waals surface area contributed by atoms with Crippen LogP contribution in [0, 0.1) is 5.82 Å². The van der Waals surface area contributed by atoms with Crippen LogP contribution in [0.25, 0.3) is 5.69 Å². The van der Waals surface area contributed by atoms with Crippen LogP contribution in [-0.2, 0) is 0 Å². The third kappa shape index (κ3) is 1.85. The van der Waals surface area contributed by atoms with Crippen molar-refractivity contribution in [3.05, 3.63) is 42.0 Å². The van der Waals surface area contributed by atoms with E-state index in [1.807, 2.05) is 0 Å². The number of hydrogen-bond donors (Lipinski definition) is 2. The van der Waals surface area contributed by atoms with Gasteiger partial charge in [-0.25, -0.2) is 9.07 Å². The number of carbonyl (C=O) groups is 1. The lowest BCUT2D eigenvalue weighted by atomic mass is 10.3. The molecule has 6 heteroatoms. The van der Waals surface area contributed by atoms with E-state index in [1.165, 1.54) is 29.1 Å². The number of amides is 1. The summed E-state index contributed by atoms with van der Waals surface area (Å²) >= 11 is 0. The van der Waals surface area contributed by atoms with E-state index in [0.717, 1.165) is 0 Å². The third-order valence-electron chi connectivity index (χ3n) is 2.01. The number of benzene rings is 1. The largest absolute Gasteiger partial charge is 0.399 e. The first kappa shape index (κ1) is 10.2. The van der Waals surface area contributed by atoms with Crippen LogP contribution in [0.15, 0.2) is 30.5 Å².